The Morgan fingerprint density at radius 2 is 2.64 bits per heavy atom. The number of nitrogens with one attached hydrogen (secondary N) is 1. The highest BCUT2D eigenvalue weighted by Crippen LogP contribution is 2.05. The zero-order chi connectivity index (χ0) is 7.94. The van der Waals surface area contributed by atoms with E-state index in [1.54, 1.807) is 0 Å². The molecule has 1 rings (SSSR count). The van der Waals surface area contributed by atoms with E-state index >= 15 is 0 Å². The molecule has 0 saturated heterocycles. The first-order chi connectivity index (χ1) is 5.43. The number of unbranched alkanes of at least 4 members (excludes halogenated alkanes) is 1. The van der Waals surface area contributed by atoms with Gasteiger partial charge in [-0.1, -0.05) is 0 Å². The predicted molar refractivity (Wildman–Crippen MR) is 43.2 cm³/mol. The lowest BCUT2D eigenvalue weighted by Crippen LogP contribution is -1.99. The van der Waals surface area contributed by atoms with Crippen molar-refractivity contribution in [3.63, 3.8) is 0 Å². The third kappa shape index (κ3) is 2.96. The molecule has 4 nitrogen and oxygen atoms in total. The van der Waals surface area contributed by atoms with Gasteiger partial charge in [-0.3, -0.25) is 0 Å². The lowest BCUT2D eigenvalue weighted by atomic mass is 10.3. The van der Waals surface area contributed by atoms with Crippen LogP contribution in [0.5, 0.6) is 0 Å². The summed E-state index contributed by atoms with van der Waals surface area (Å²) in [5.41, 5.74) is 0. The summed E-state index contributed by atoms with van der Waals surface area (Å²) in [7, 11) is 0. The zero-order valence-corrected chi connectivity index (χ0v) is 6.77. The molecule has 58 valence electrons. The van der Waals surface area contributed by atoms with Crippen molar-refractivity contribution < 1.29 is 0 Å². The first-order valence-electron chi connectivity index (χ1n) is 3.31. The van der Waals surface area contributed by atoms with Gasteiger partial charge in [-0.05, 0) is 6.42 Å². The highest BCUT2D eigenvalue weighted by molar-refractivity contribution is 7.09. The number of rotatable bonds is 4. The van der Waals surface area contributed by atoms with Gasteiger partial charge in [0.1, 0.15) is 6.33 Å². The van der Waals surface area contributed by atoms with Gasteiger partial charge in [-0.2, -0.15) is 9.64 Å². The van der Waals surface area contributed by atoms with Gasteiger partial charge in [0.2, 0.25) is 5.13 Å². The Balaban J connectivity index is 2.10. The van der Waals surface area contributed by atoms with Crippen LogP contribution in [0.1, 0.15) is 12.8 Å². The molecule has 0 bridgehead atoms. The third-order valence-corrected chi connectivity index (χ3v) is 1.73. The van der Waals surface area contributed by atoms with Crippen LogP contribution in [-0.4, -0.2) is 15.9 Å². The molecule has 0 aliphatic carbocycles. The minimum absolute atomic E-state index is 0.589. The van der Waals surface area contributed by atoms with Crippen LogP contribution in [0.25, 0.3) is 0 Å². The lowest BCUT2D eigenvalue weighted by molar-refractivity contribution is 0.896. The Bertz CT molecular complexity index is 225. The second-order valence-electron chi connectivity index (χ2n) is 1.93. The van der Waals surface area contributed by atoms with Crippen LogP contribution in [0, 0.1) is 11.3 Å². The largest absolute Gasteiger partial charge is 0.360 e. The first kappa shape index (κ1) is 7.95. The highest BCUT2D eigenvalue weighted by Gasteiger charge is 1.92. The van der Waals surface area contributed by atoms with Gasteiger partial charge in [0.05, 0.1) is 6.07 Å². The van der Waals surface area contributed by atoms with Crippen LogP contribution < -0.4 is 5.32 Å². The van der Waals surface area contributed by atoms with E-state index in [0.717, 1.165) is 18.1 Å². The quantitative estimate of drug-likeness (QED) is 0.687. The third-order valence-electron chi connectivity index (χ3n) is 1.10. The summed E-state index contributed by atoms with van der Waals surface area (Å²) in [5.74, 6) is 0. The molecule has 11 heavy (non-hydrogen) atoms. The second-order valence-corrected chi connectivity index (χ2v) is 2.71. The smallest absolute Gasteiger partial charge is 0.202 e. The fourth-order valence-electron chi connectivity index (χ4n) is 0.614. The standard InChI is InChI=1S/C6H8N4S/c7-3-1-2-4-8-6-9-5-10-11-6/h5H,1-2,4H2,(H,8,9,10). The second kappa shape index (κ2) is 4.63. The summed E-state index contributed by atoms with van der Waals surface area (Å²) in [6, 6.07) is 2.08. The number of nitriles is 1. The van der Waals surface area contributed by atoms with Crippen molar-refractivity contribution >= 4 is 16.7 Å². The highest BCUT2D eigenvalue weighted by atomic mass is 32.1. The van der Waals surface area contributed by atoms with Gasteiger partial charge in [-0.25, -0.2) is 4.98 Å². The summed E-state index contributed by atoms with van der Waals surface area (Å²) in [4.78, 5) is 3.93. The fraction of sp³-hybridized carbons (Fsp3) is 0.500. The maximum absolute atomic E-state index is 8.22. The number of aromatic nitrogens is 2. The molecule has 0 radical (unpaired) electrons. The fourth-order valence-corrected chi connectivity index (χ4v) is 1.07. The van der Waals surface area contributed by atoms with Crippen molar-refractivity contribution in [2.75, 3.05) is 11.9 Å². The molecule has 1 heterocycles. The van der Waals surface area contributed by atoms with Gasteiger partial charge in [0.15, 0.2) is 0 Å². The molecule has 0 amide bonds. The van der Waals surface area contributed by atoms with Gasteiger partial charge in [-0.15, -0.1) is 0 Å². The van der Waals surface area contributed by atoms with E-state index in [1.807, 2.05) is 0 Å². The number of nitrogens with zero attached hydrogens (tertiary/aromatic N) is 3. The summed E-state index contributed by atoms with van der Waals surface area (Å²) in [5, 5.41) is 12.1. The Hall–Kier alpha value is -1.15. The van der Waals surface area contributed by atoms with Crippen molar-refractivity contribution in [2.24, 2.45) is 0 Å². The molecule has 0 unspecified atom stereocenters. The van der Waals surface area contributed by atoms with E-state index in [4.69, 9.17) is 5.26 Å². The molecule has 0 saturated carbocycles. The first-order valence-corrected chi connectivity index (χ1v) is 4.08. The number of hydrogen-bond acceptors (Lipinski definition) is 5. The Labute approximate surface area is 69.1 Å². The van der Waals surface area contributed by atoms with Crippen LogP contribution >= 0.6 is 11.5 Å². The summed E-state index contributed by atoms with van der Waals surface area (Å²) in [6.45, 7) is 0.794. The Morgan fingerprint density at radius 1 is 1.73 bits per heavy atom. The van der Waals surface area contributed by atoms with Crippen molar-refractivity contribution in [1.82, 2.24) is 9.36 Å². The van der Waals surface area contributed by atoms with Gasteiger partial charge in [0.25, 0.3) is 0 Å². The molecule has 0 aliphatic rings. The van der Waals surface area contributed by atoms with Crippen LogP contribution in [0.15, 0.2) is 6.33 Å². The predicted octanol–water partition coefficient (Wildman–Crippen LogP) is 1.25. The Morgan fingerprint density at radius 3 is 3.27 bits per heavy atom. The van der Waals surface area contributed by atoms with Crippen LogP contribution in [0.4, 0.5) is 5.13 Å². The van der Waals surface area contributed by atoms with E-state index in [1.165, 1.54) is 17.9 Å². The van der Waals surface area contributed by atoms with E-state index in [9.17, 15) is 0 Å². The maximum atomic E-state index is 8.22. The maximum Gasteiger partial charge on any atom is 0.202 e. The molecule has 0 aromatic carbocycles. The molecule has 1 N–H and O–H groups in total. The normalized spacial score (nSPS) is 9.00. The molecule has 0 fully saturated rings. The molecule has 1 aromatic rings. The summed E-state index contributed by atoms with van der Waals surface area (Å²) < 4.78 is 3.82. The number of anilines is 1. The summed E-state index contributed by atoms with van der Waals surface area (Å²) >= 11 is 1.33. The molecular weight excluding hydrogens is 160 g/mol. The van der Waals surface area contributed by atoms with E-state index in [-0.39, 0.29) is 0 Å². The average molecular weight is 168 g/mol. The average Bonchev–Trinajstić information content (AvgIpc) is 2.50. The molecule has 1 aromatic heterocycles. The van der Waals surface area contributed by atoms with Crippen molar-refractivity contribution in [3.8, 4) is 6.07 Å². The molecule has 0 aliphatic heterocycles. The molecule has 0 spiro atoms. The molecule has 0 atom stereocenters. The minimum Gasteiger partial charge on any atom is -0.360 e. The van der Waals surface area contributed by atoms with Crippen molar-refractivity contribution in [2.45, 2.75) is 12.8 Å². The Kier molecular flexibility index (Phi) is 3.35. The van der Waals surface area contributed by atoms with Gasteiger partial charge < -0.3 is 5.32 Å². The lowest BCUT2D eigenvalue weighted by Gasteiger charge is -1.96. The zero-order valence-electron chi connectivity index (χ0n) is 5.95. The van der Waals surface area contributed by atoms with Crippen LogP contribution in [0.3, 0.4) is 0 Å². The van der Waals surface area contributed by atoms with Crippen LogP contribution in [-0.2, 0) is 0 Å². The topological polar surface area (TPSA) is 61.6 Å². The van der Waals surface area contributed by atoms with Crippen LogP contribution in [0.2, 0.25) is 0 Å². The summed E-state index contributed by atoms with van der Waals surface area (Å²) in [6.07, 6.45) is 2.96. The molecular formula is C6H8N4S. The monoisotopic (exact) mass is 168 g/mol. The number of hydrogen-bond donors (Lipinski definition) is 1. The minimum atomic E-state index is 0.589. The van der Waals surface area contributed by atoms with E-state index in [0.29, 0.717) is 6.42 Å². The van der Waals surface area contributed by atoms with Gasteiger partial charge >= 0.3 is 0 Å². The molecule has 5 heteroatoms. The van der Waals surface area contributed by atoms with E-state index in [2.05, 4.69) is 20.7 Å². The van der Waals surface area contributed by atoms with Crippen molar-refractivity contribution in [1.29, 1.82) is 5.26 Å². The van der Waals surface area contributed by atoms with Crippen molar-refractivity contribution in [3.05, 3.63) is 6.33 Å². The van der Waals surface area contributed by atoms with Gasteiger partial charge in [0, 0.05) is 24.5 Å². The SMILES string of the molecule is N#CCCCNc1ncns1. The van der Waals surface area contributed by atoms with E-state index < -0.39 is 0 Å².